The molecular formula is C8H10N2O. The van der Waals surface area contributed by atoms with Gasteiger partial charge in [0.05, 0.1) is 0 Å². The first kappa shape index (κ1) is 7.60. The minimum atomic E-state index is -0.188. The first-order valence-corrected chi connectivity index (χ1v) is 3.29. The second-order valence-corrected chi connectivity index (χ2v) is 2.20. The summed E-state index contributed by atoms with van der Waals surface area (Å²) in [6, 6.07) is 3.68. The van der Waals surface area contributed by atoms with Gasteiger partial charge in [0, 0.05) is 13.2 Å². The third-order valence-corrected chi connectivity index (χ3v) is 1.38. The molecule has 0 saturated heterocycles. The smallest absolute Gasteiger partial charge is 0.248 e. The van der Waals surface area contributed by atoms with Gasteiger partial charge in [-0.2, -0.15) is 0 Å². The van der Waals surface area contributed by atoms with Crippen LogP contribution in [-0.4, -0.2) is 10.5 Å². The van der Waals surface area contributed by atoms with E-state index >= 15 is 0 Å². The largest absolute Gasteiger partial charge is 0.338 e. The van der Waals surface area contributed by atoms with E-state index in [2.05, 4.69) is 11.9 Å². The van der Waals surface area contributed by atoms with Gasteiger partial charge in [-0.15, -0.1) is 0 Å². The maximum atomic E-state index is 10.8. The van der Waals surface area contributed by atoms with E-state index in [0.717, 1.165) is 5.82 Å². The molecule has 0 aliphatic rings. The highest BCUT2D eigenvalue weighted by molar-refractivity contribution is 5.98. The van der Waals surface area contributed by atoms with Crippen molar-refractivity contribution in [2.45, 2.75) is 0 Å². The van der Waals surface area contributed by atoms with Gasteiger partial charge in [-0.05, 0) is 18.2 Å². The molecule has 0 saturated carbocycles. The molecule has 0 atom stereocenters. The number of carbonyl (C=O) groups excluding carboxylic acids is 1. The molecule has 11 heavy (non-hydrogen) atoms. The monoisotopic (exact) mass is 150 g/mol. The van der Waals surface area contributed by atoms with Crippen molar-refractivity contribution in [3.8, 4) is 0 Å². The van der Waals surface area contributed by atoms with Gasteiger partial charge < -0.3 is 9.88 Å². The number of anilines is 1. The van der Waals surface area contributed by atoms with Crippen molar-refractivity contribution in [1.82, 2.24) is 4.57 Å². The zero-order chi connectivity index (χ0) is 8.27. The number of nitrogens with zero attached hydrogens (tertiary/aromatic N) is 1. The van der Waals surface area contributed by atoms with Crippen molar-refractivity contribution < 1.29 is 4.79 Å². The molecule has 1 N–H and O–H groups in total. The summed E-state index contributed by atoms with van der Waals surface area (Å²) in [7, 11) is 1.86. The molecule has 1 amide bonds. The van der Waals surface area contributed by atoms with Crippen LogP contribution in [0, 0.1) is 0 Å². The van der Waals surface area contributed by atoms with Gasteiger partial charge in [-0.1, -0.05) is 6.58 Å². The Morgan fingerprint density at radius 2 is 2.55 bits per heavy atom. The van der Waals surface area contributed by atoms with Crippen molar-refractivity contribution in [3.63, 3.8) is 0 Å². The highest BCUT2D eigenvalue weighted by atomic mass is 16.1. The average Bonchev–Trinajstić information content (AvgIpc) is 2.37. The lowest BCUT2D eigenvalue weighted by atomic mass is 10.5. The van der Waals surface area contributed by atoms with Gasteiger partial charge in [0.25, 0.3) is 0 Å². The fourth-order valence-corrected chi connectivity index (χ4v) is 0.768. The third kappa shape index (κ3) is 1.70. The molecule has 0 bridgehead atoms. The Hall–Kier alpha value is -1.51. The van der Waals surface area contributed by atoms with Crippen molar-refractivity contribution in [1.29, 1.82) is 0 Å². The molecule has 1 rings (SSSR count). The fourth-order valence-electron chi connectivity index (χ4n) is 0.768. The van der Waals surface area contributed by atoms with Crippen LogP contribution in [0.1, 0.15) is 0 Å². The highest BCUT2D eigenvalue weighted by Gasteiger charge is 1.97. The first-order chi connectivity index (χ1) is 5.24. The second-order valence-electron chi connectivity index (χ2n) is 2.20. The summed E-state index contributed by atoms with van der Waals surface area (Å²) in [6.45, 7) is 3.35. The van der Waals surface area contributed by atoms with Crippen molar-refractivity contribution in [3.05, 3.63) is 31.0 Å². The Balaban J connectivity index is 2.71. The van der Waals surface area contributed by atoms with Gasteiger partial charge in [0.1, 0.15) is 5.82 Å². The number of rotatable bonds is 2. The molecule has 3 heteroatoms. The molecule has 0 aromatic carbocycles. The van der Waals surface area contributed by atoms with E-state index in [1.165, 1.54) is 6.08 Å². The van der Waals surface area contributed by atoms with Gasteiger partial charge in [-0.25, -0.2) is 0 Å². The molecule has 0 unspecified atom stereocenters. The fraction of sp³-hybridized carbons (Fsp3) is 0.125. The van der Waals surface area contributed by atoms with Crippen molar-refractivity contribution in [2.75, 3.05) is 5.32 Å². The normalized spacial score (nSPS) is 9.18. The maximum Gasteiger partial charge on any atom is 0.248 e. The van der Waals surface area contributed by atoms with E-state index in [9.17, 15) is 4.79 Å². The van der Waals surface area contributed by atoms with E-state index < -0.39 is 0 Å². The Morgan fingerprint density at radius 3 is 3.00 bits per heavy atom. The van der Waals surface area contributed by atoms with E-state index in [-0.39, 0.29) is 5.91 Å². The van der Waals surface area contributed by atoms with Gasteiger partial charge in [0.2, 0.25) is 5.91 Å². The summed E-state index contributed by atoms with van der Waals surface area (Å²) in [5, 5.41) is 2.65. The molecule has 1 heterocycles. The van der Waals surface area contributed by atoms with E-state index in [1.807, 2.05) is 29.9 Å². The predicted molar refractivity (Wildman–Crippen MR) is 44.2 cm³/mol. The van der Waals surface area contributed by atoms with E-state index in [0.29, 0.717) is 0 Å². The van der Waals surface area contributed by atoms with Crippen LogP contribution >= 0.6 is 0 Å². The summed E-state index contributed by atoms with van der Waals surface area (Å²) in [5.41, 5.74) is 0. The Morgan fingerprint density at radius 1 is 1.82 bits per heavy atom. The van der Waals surface area contributed by atoms with Crippen LogP contribution in [0.25, 0.3) is 0 Å². The van der Waals surface area contributed by atoms with E-state index in [4.69, 9.17) is 0 Å². The number of aryl methyl sites for hydroxylation is 1. The Labute approximate surface area is 65.3 Å². The molecule has 58 valence electrons. The number of aromatic nitrogens is 1. The second kappa shape index (κ2) is 3.05. The van der Waals surface area contributed by atoms with Crippen molar-refractivity contribution in [2.24, 2.45) is 7.05 Å². The standard InChI is InChI=1S/C8H10N2O/c1-3-8(11)9-7-5-4-6-10(7)2/h3-6H,1H2,2H3,(H,9,11). The SMILES string of the molecule is C=CC(=O)Nc1cccn1C. The zero-order valence-corrected chi connectivity index (χ0v) is 6.37. The Bertz CT molecular complexity index is 275. The van der Waals surface area contributed by atoms with Crippen LogP contribution in [0.4, 0.5) is 5.82 Å². The average molecular weight is 150 g/mol. The molecule has 0 spiro atoms. The zero-order valence-electron chi connectivity index (χ0n) is 6.37. The lowest BCUT2D eigenvalue weighted by molar-refractivity contribution is -0.111. The van der Waals surface area contributed by atoms with Crippen LogP contribution in [0.5, 0.6) is 0 Å². The molecule has 0 aliphatic heterocycles. The van der Waals surface area contributed by atoms with Crippen LogP contribution in [-0.2, 0) is 11.8 Å². The molecular weight excluding hydrogens is 140 g/mol. The predicted octanol–water partition coefficient (Wildman–Crippen LogP) is 1.15. The van der Waals surface area contributed by atoms with Gasteiger partial charge in [-0.3, -0.25) is 4.79 Å². The Kier molecular flexibility index (Phi) is 2.11. The van der Waals surface area contributed by atoms with Crippen LogP contribution in [0.15, 0.2) is 31.0 Å². The first-order valence-electron chi connectivity index (χ1n) is 3.29. The highest BCUT2D eigenvalue weighted by Crippen LogP contribution is 2.05. The third-order valence-electron chi connectivity index (χ3n) is 1.38. The summed E-state index contributed by atoms with van der Waals surface area (Å²) in [5.74, 6) is 0.585. The van der Waals surface area contributed by atoms with Crippen molar-refractivity contribution >= 4 is 11.7 Å². The number of hydrogen-bond acceptors (Lipinski definition) is 1. The van der Waals surface area contributed by atoms with Gasteiger partial charge >= 0.3 is 0 Å². The lowest BCUT2D eigenvalue weighted by Gasteiger charge is -2.01. The van der Waals surface area contributed by atoms with Crippen LogP contribution in [0.3, 0.4) is 0 Å². The summed E-state index contributed by atoms with van der Waals surface area (Å²) in [6.07, 6.45) is 3.10. The molecule has 3 nitrogen and oxygen atoms in total. The number of amides is 1. The summed E-state index contributed by atoms with van der Waals surface area (Å²) < 4.78 is 1.82. The lowest BCUT2D eigenvalue weighted by Crippen LogP contribution is -2.09. The molecule has 0 fully saturated rings. The van der Waals surface area contributed by atoms with Gasteiger partial charge in [0.15, 0.2) is 0 Å². The molecule has 0 aliphatic carbocycles. The summed E-state index contributed by atoms with van der Waals surface area (Å²) in [4.78, 5) is 10.8. The number of carbonyl (C=O) groups is 1. The minimum Gasteiger partial charge on any atom is -0.338 e. The quantitative estimate of drug-likeness (QED) is 0.630. The topological polar surface area (TPSA) is 34.0 Å². The maximum absolute atomic E-state index is 10.8. The van der Waals surface area contributed by atoms with Crippen LogP contribution < -0.4 is 5.32 Å². The number of nitrogens with one attached hydrogen (secondary N) is 1. The molecule has 1 aromatic rings. The summed E-state index contributed by atoms with van der Waals surface area (Å²) >= 11 is 0. The number of hydrogen-bond donors (Lipinski definition) is 1. The molecule has 1 aromatic heterocycles. The van der Waals surface area contributed by atoms with Crippen LogP contribution in [0.2, 0.25) is 0 Å². The molecule has 0 radical (unpaired) electrons. The van der Waals surface area contributed by atoms with E-state index in [1.54, 1.807) is 0 Å². The minimum absolute atomic E-state index is 0.188.